The van der Waals surface area contributed by atoms with Crippen LogP contribution in [0.4, 0.5) is 13.2 Å². The lowest BCUT2D eigenvalue weighted by Gasteiger charge is -2.43. The molecule has 0 spiro atoms. The third-order valence-corrected chi connectivity index (χ3v) is 3.88. The van der Waals surface area contributed by atoms with Gasteiger partial charge in [0.05, 0.1) is 10.5 Å². The van der Waals surface area contributed by atoms with Crippen molar-refractivity contribution >= 4 is 23.1 Å². The van der Waals surface area contributed by atoms with Gasteiger partial charge < -0.3 is 10.6 Å². The van der Waals surface area contributed by atoms with Gasteiger partial charge in [0, 0.05) is 26.2 Å². The zero-order valence-corrected chi connectivity index (χ0v) is 11.8. The lowest BCUT2D eigenvalue weighted by Crippen LogP contribution is -2.60. The van der Waals surface area contributed by atoms with Crippen molar-refractivity contribution in [1.29, 1.82) is 0 Å². The summed E-state index contributed by atoms with van der Waals surface area (Å²) >= 11 is 4.97. The quantitative estimate of drug-likeness (QED) is 0.794. The van der Waals surface area contributed by atoms with Crippen molar-refractivity contribution in [2.24, 2.45) is 5.73 Å². The lowest BCUT2D eigenvalue weighted by atomic mass is 10.0. The van der Waals surface area contributed by atoms with E-state index in [9.17, 15) is 18.0 Å². The first kappa shape index (κ1) is 16.2. The summed E-state index contributed by atoms with van der Waals surface area (Å²) in [6.07, 6.45) is -5.85. The van der Waals surface area contributed by atoms with Crippen LogP contribution in [0.5, 0.6) is 0 Å². The van der Waals surface area contributed by atoms with Gasteiger partial charge in [-0.15, -0.1) is 0 Å². The average molecular weight is 297 g/mol. The molecule has 1 heterocycles. The molecule has 0 aromatic carbocycles. The topological polar surface area (TPSA) is 49.6 Å². The maximum atomic E-state index is 12.1. The molecule has 19 heavy (non-hydrogen) atoms. The van der Waals surface area contributed by atoms with Crippen LogP contribution in [0.15, 0.2) is 0 Å². The molecule has 2 N–H and O–H groups in total. The molecule has 4 nitrogen and oxygen atoms in total. The number of carbonyl (C=O) groups excluding carboxylic acids is 1. The highest BCUT2D eigenvalue weighted by atomic mass is 32.1. The first-order chi connectivity index (χ1) is 8.54. The normalized spacial score (nSPS) is 18.5. The Morgan fingerprint density at radius 2 is 1.68 bits per heavy atom. The monoisotopic (exact) mass is 297 g/mol. The van der Waals surface area contributed by atoms with Crippen LogP contribution >= 0.6 is 12.2 Å². The maximum Gasteiger partial charge on any atom is 0.397 e. The summed E-state index contributed by atoms with van der Waals surface area (Å²) in [5.41, 5.74) is 5.15. The highest BCUT2D eigenvalue weighted by Crippen LogP contribution is 2.22. The summed E-state index contributed by atoms with van der Waals surface area (Å²) in [7, 11) is 0. The predicted octanol–water partition coefficient (Wildman–Crippen LogP) is 1.15. The molecule has 0 saturated carbocycles. The maximum absolute atomic E-state index is 12.1. The summed E-state index contributed by atoms with van der Waals surface area (Å²) in [6.45, 7) is 5.19. The number of hydrogen-bond acceptors (Lipinski definition) is 3. The van der Waals surface area contributed by atoms with Crippen LogP contribution in [0.1, 0.15) is 20.3 Å². The summed E-state index contributed by atoms with van der Waals surface area (Å²) in [6, 6.07) is 0. The van der Waals surface area contributed by atoms with Crippen molar-refractivity contribution in [3.63, 3.8) is 0 Å². The van der Waals surface area contributed by atoms with E-state index in [4.69, 9.17) is 18.0 Å². The van der Waals surface area contributed by atoms with Gasteiger partial charge in [-0.2, -0.15) is 13.2 Å². The standard InChI is InChI=1S/C11H18F3N3OS/c1-10(2,9(15)19)17-5-3-16(4-6-17)8(18)7-11(12,13)14/h3-7H2,1-2H3,(H2,15,19). The summed E-state index contributed by atoms with van der Waals surface area (Å²) in [4.78, 5) is 15.0. The van der Waals surface area contributed by atoms with Crippen LogP contribution in [0.2, 0.25) is 0 Å². The number of nitrogens with two attached hydrogens (primary N) is 1. The van der Waals surface area contributed by atoms with E-state index in [2.05, 4.69) is 0 Å². The number of alkyl halides is 3. The molecule has 0 unspecified atom stereocenters. The van der Waals surface area contributed by atoms with Crippen LogP contribution < -0.4 is 5.73 Å². The van der Waals surface area contributed by atoms with Crippen molar-refractivity contribution in [1.82, 2.24) is 9.80 Å². The van der Waals surface area contributed by atoms with Crippen LogP contribution in [-0.4, -0.2) is 58.6 Å². The van der Waals surface area contributed by atoms with E-state index in [1.165, 1.54) is 4.90 Å². The molecule has 0 aromatic heterocycles. The van der Waals surface area contributed by atoms with Crippen LogP contribution in [0.25, 0.3) is 0 Å². The van der Waals surface area contributed by atoms with Crippen molar-refractivity contribution in [2.75, 3.05) is 26.2 Å². The van der Waals surface area contributed by atoms with Crippen molar-refractivity contribution in [3.8, 4) is 0 Å². The SMILES string of the molecule is CC(C)(C(N)=S)N1CCN(C(=O)CC(F)(F)F)CC1. The van der Waals surface area contributed by atoms with Crippen molar-refractivity contribution < 1.29 is 18.0 Å². The van der Waals surface area contributed by atoms with E-state index in [-0.39, 0.29) is 13.1 Å². The molecule has 0 atom stereocenters. The van der Waals surface area contributed by atoms with Crippen molar-refractivity contribution in [2.45, 2.75) is 32.0 Å². The zero-order valence-electron chi connectivity index (χ0n) is 11.0. The zero-order chi connectivity index (χ0) is 14.8. The highest BCUT2D eigenvalue weighted by molar-refractivity contribution is 7.80. The molecule has 1 fully saturated rings. The van der Waals surface area contributed by atoms with Gasteiger partial charge in [0.1, 0.15) is 6.42 Å². The van der Waals surface area contributed by atoms with E-state index in [1.807, 2.05) is 18.7 Å². The second kappa shape index (κ2) is 5.62. The van der Waals surface area contributed by atoms with E-state index < -0.39 is 24.0 Å². The van der Waals surface area contributed by atoms with E-state index >= 15 is 0 Å². The molecule has 1 rings (SSSR count). The minimum atomic E-state index is -4.45. The third kappa shape index (κ3) is 4.31. The smallest absolute Gasteiger partial charge is 0.392 e. The Morgan fingerprint density at radius 3 is 2.05 bits per heavy atom. The number of amides is 1. The molecule has 0 radical (unpaired) electrons. The summed E-state index contributed by atoms with van der Waals surface area (Å²) < 4.78 is 36.4. The fourth-order valence-electron chi connectivity index (χ4n) is 1.95. The number of nitrogens with zero attached hydrogens (tertiary/aromatic N) is 2. The second-order valence-corrected chi connectivity index (χ2v) is 5.52. The predicted molar refractivity (Wildman–Crippen MR) is 69.7 cm³/mol. The van der Waals surface area contributed by atoms with Gasteiger partial charge in [-0.3, -0.25) is 9.69 Å². The Hall–Kier alpha value is -0.890. The number of piperazine rings is 1. The average Bonchev–Trinajstić information content (AvgIpc) is 2.26. The molecule has 1 aliphatic heterocycles. The van der Waals surface area contributed by atoms with E-state index in [1.54, 1.807) is 0 Å². The van der Waals surface area contributed by atoms with Crippen LogP contribution in [-0.2, 0) is 4.79 Å². The minimum absolute atomic E-state index is 0.265. The summed E-state index contributed by atoms with van der Waals surface area (Å²) in [5.74, 6) is -0.875. The molecule has 8 heteroatoms. The van der Waals surface area contributed by atoms with Gasteiger partial charge in [0.25, 0.3) is 0 Å². The van der Waals surface area contributed by atoms with Crippen molar-refractivity contribution in [3.05, 3.63) is 0 Å². The van der Waals surface area contributed by atoms with Gasteiger partial charge in [-0.25, -0.2) is 0 Å². The molecule has 1 aliphatic rings. The third-order valence-electron chi connectivity index (χ3n) is 3.38. The second-order valence-electron chi connectivity index (χ2n) is 5.08. The number of hydrogen-bond donors (Lipinski definition) is 1. The Morgan fingerprint density at radius 1 is 1.21 bits per heavy atom. The first-order valence-corrected chi connectivity index (χ1v) is 6.34. The Kier molecular flexibility index (Phi) is 4.78. The lowest BCUT2D eigenvalue weighted by molar-refractivity contribution is -0.162. The Balaban J connectivity index is 2.54. The van der Waals surface area contributed by atoms with Crippen LogP contribution in [0.3, 0.4) is 0 Å². The molecular formula is C11H18F3N3OS. The largest absolute Gasteiger partial charge is 0.397 e. The summed E-state index contributed by atoms with van der Waals surface area (Å²) in [5, 5.41) is 0. The molecule has 0 aliphatic carbocycles. The molecule has 0 aromatic rings. The molecular weight excluding hydrogens is 279 g/mol. The van der Waals surface area contributed by atoms with Gasteiger partial charge >= 0.3 is 6.18 Å². The van der Waals surface area contributed by atoms with Gasteiger partial charge in [0.2, 0.25) is 5.91 Å². The van der Waals surface area contributed by atoms with Gasteiger partial charge in [-0.05, 0) is 13.8 Å². The fraction of sp³-hybridized carbons (Fsp3) is 0.818. The number of carbonyl (C=O) groups is 1. The Labute approximate surface area is 115 Å². The number of rotatable bonds is 3. The minimum Gasteiger partial charge on any atom is -0.392 e. The van der Waals surface area contributed by atoms with Gasteiger partial charge in [-0.1, -0.05) is 12.2 Å². The molecule has 1 amide bonds. The van der Waals surface area contributed by atoms with E-state index in [0.29, 0.717) is 18.1 Å². The number of halogens is 3. The number of thiocarbonyl (C=S) groups is 1. The highest BCUT2D eigenvalue weighted by Gasteiger charge is 2.37. The molecule has 1 saturated heterocycles. The van der Waals surface area contributed by atoms with Gasteiger partial charge in [0.15, 0.2) is 0 Å². The van der Waals surface area contributed by atoms with E-state index in [0.717, 1.165) is 0 Å². The Bertz CT molecular complexity index is 363. The fourth-order valence-corrected chi connectivity index (χ4v) is 2.08. The van der Waals surface area contributed by atoms with Crippen LogP contribution in [0, 0.1) is 0 Å². The molecule has 110 valence electrons. The first-order valence-electron chi connectivity index (χ1n) is 5.93. The molecule has 0 bridgehead atoms.